The number of hydrogen-bond donors (Lipinski definition) is 2. The van der Waals surface area contributed by atoms with Gasteiger partial charge < -0.3 is 24.8 Å². The van der Waals surface area contributed by atoms with Crippen LogP contribution in [0, 0.1) is 5.92 Å². The smallest absolute Gasteiger partial charge is 0.262 e. The zero-order valence-corrected chi connectivity index (χ0v) is 17.8. The number of anilines is 2. The molecule has 3 aliphatic heterocycles. The van der Waals surface area contributed by atoms with Gasteiger partial charge in [0.05, 0.1) is 16.5 Å². The number of amides is 2. The van der Waals surface area contributed by atoms with E-state index in [1.54, 1.807) is 18.2 Å². The number of fused-ring (bicyclic) bond motifs is 2. The first-order chi connectivity index (χ1) is 15.4. The fourth-order valence-corrected chi connectivity index (χ4v) is 5.52. The predicted octanol–water partition coefficient (Wildman–Crippen LogP) is 1.79. The summed E-state index contributed by atoms with van der Waals surface area (Å²) in [5.74, 6) is 0.497. The Hall–Kier alpha value is -3.31. The number of hydrogen-bond acceptors (Lipinski definition) is 7. The van der Waals surface area contributed by atoms with E-state index in [-0.39, 0.29) is 36.7 Å². The summed E-state index contributed by atoms with van der Waals surface area (Å²) in [6.45, 7) is 0.417. The van der Waals surface area contributed by atoms with E-state index in [0.29, 0.717) is 48.0 Å². The number of piperidine rings is 1. The van der Waals surface area contributed by atoms with Crippen molar-refractivity contribution in [3.63, 3.8) is 0 Å². The van der Waals surface area contributed by atoms with Gasteiger partial charge in [0.25, 0.3) is 5.91 Å². The molecule has 1 atom stereocenters. The minimum atomic E-state index is -3.85. The highest BCUT2D eigenvalue weighted by molar-refractivity contribution is 7.89. The Morgan fingerprint density at radius 3 is 2.75 bits per heavy atom. The number of carbonyl (C=O) groups excluding carboxylic acids is 2. The number of ether oxygens (including phenoxy) is 3. The summed E-state index contributed by atoms with van der Waals surface area (Å²) >= 11 is 0. The molecule has 0 spiro atoms. The van der Waals surface area contributed by atoms with E-state index in [0.717, 1.165) is 0 Å². The average molecular weight is 459 g/mol. The largest absolute Gasteiger partial charge is 0.482 e. The third-order valence-electron chi connectivity index (χ3n) is 5.62. The lowest BCUT2D eigenvalue weighted by molar-refractivity contribution is -0.121. The normalized spacial score (nSPS) is 20.1. The van der Waals surface area contributed by atoms with E-state index < -0.39 is 15.9 Å². The Kier molecular flexibility index (Phi) is 5.14. The molecular formula is C21H21N3O7S. The van der Waals surface area contributed by atoms with Crippen LogP contribution in [0.5, 0.6) is 17.2 Å². The van der Waals surface area contributed by atoms with Gasteiger partial charge in [0, 0.05) is 24.8 Å². The molecule has 3 heterocycles. The Morgan fingerprint density at radius 1 is 1.06 bits per heavy atom. The molecule has 0 bridgehead atoms. The number of sulfonamides is 1. The Labute approximate surface area is 184 Å². The molecule has 32 heavy (non-hydrogen) atoms. The van der Waals surface area contributed by atoms with E-state index in [4.69, 9.17) is 14.2 Å². The summed E-state index contributed by atoms with van der Waals surface area (Å²) in [6, 6.07) is 9.47. The molecule has 2 aromatic rings. The van der Waals surface area contributed by atoms with Crippen molar-refractivity contribution in [2.24, 2.45) is 5.92 Å². The third kappa shape index (κ3) is 3.84. The van der Waals surface area contributed by atoms with Crippen LogP contribution in [0.3, 0.4) is 0 Å². The van der Waals surface area contributed by atoms with Gasteiger partial charge in [-0.2, -0.15) is 4.31 Å². The maximum Gasteiger partial charge on any atom is 0.262 e. The molecule has 11 heteroatoms. The van der Waals surface area contributed by atoms with Crippen LogP contribution in [0.25, 0.3) is 0 Å². The number of nitrogens with zero attached hydrogens (tertiary/aromatic N) is 1. The van der Waals surface area contributed by atoms with Gasteiger partial charge in [-0.25, -0.2) is 8.42 Å². The highest BCUT2D eigenvalue weighted by Crippen LogP contribution is 2.35. The molecule has 2 aromatic carbocycles. The second-order valence-electron chi connectivity index (χ2n) is 7.75. The van der Waals surface area contributed by atoms with Gasteiger partial charge in [-0.1, -0.05) is 0 Å². The topological polar surface area (TPSA) is 123 Å². The Balaban J connectivity index is 1.30. The van der Waals surface area contributed by atoms with Crippen LogP contribution in [0.4, 0.5) is 11.4 Å². The van der Waals surface area contributed by atoms with Gasteiger partial charge in [-0.15, -0.1) is 0 Å². The van der Waals surface area contributed by atoms with E-state index >= 15 is 0 Å². The maximum atomic E-state index is 13.2. The standard InChI is InChI=1S/C21H21N3O7S/c25-20-11-29-17-6-4-15(9-16(17)23-20)32(27,28)24-7-1-2-13(10-24)21(26)22-14-3-5-18-19(8-14)31-12-30-18/h3-6,8-9,13H,1-2,7,10-12H2,(H,22,26)(H,23,25)/t13-/m1/s1. The summed E-state index contributed by atoms with van der Waals surface area (Å²) in [5, 5.41) is 5.46. The summed E-state index contributed by atoms with van der Waals surface area (Å²) in [6.07, 6.45) is 1.14. The second kappa shape index (κ2) is 7.99. The number of rotatable bonds is 4. The van der Waals surface area contributed by atoms with Crippen LogP contribution in [0.2, 0.25) is 0 Å². The van der Waals surface area contributed by atoms with Gasteiger partial charge in [-0.3, -0.25) is 9.59 Å². The summed E-state index contributed by atoms with van der Waals surface area (Å²) < 4.78 is 43.6. The molecular weight excluding hydrogens is 438 g/mol. The van der Waals surface area contributed by atoms with Crippen molar-refractivity contribution in [2.75, 3.05) is 37.1 Å². The maximum absolute atomic E-state index is 13.2. The Bertz CT molecular complexity index is 1200. The van der Waals surface area contributed by atoms with Crippen LogP contribution in [-0.4, -0.2) is 51.0 Å². The molecule has 2 N–H and O–H groups in total. The van der Waals surface area contributed by atoms with Gasteiger partial charge >= 0.3 is 0 Å². The lowest BCUT2D eigenvalue weighted by atomic mass is 9.98. The molecule has 10 nitrogen and oxygen atoms in total. The molecule has 168 valence electrons. The molecule has 0 aliphatic carbocycles. The van der Waals surface area contributed by atoms with E-state index in [2.05, 4.69) is 10.6 Å². The molecule has 3 aliphatic rings. The molecule has 1 saturated heterocycles. The van der Waals surface area contributed by atoms with Crippen molar-refractivity contribution >= 4 is 33.2 Å². The molecule has 5 rings (SSSR count). The lowest BCUT2D eigenvalue weighted by Crippen LogP contribution is -2.43. The second-order valence-corrected chi connectivity index (χ2v) is 9.69. The molecule has 0 aromatic heterocycles. The van der Waals surface area contributed by atoms with E-state index in [1.807, 2.05) is 0 Å². The van der Waals surface area contributed by atoms with E-state index in [1.165, 1.54) is 22.5 Å². The highest BCUT2D eigenvalue weighted by atomic mass is 32.2. The zero-order chi connectivity index (χ0) is 22.3. The molecule has 2 amide bonds. The van der Waals surface area contributed by atoms with Crippen molar-refractivity contribution in [2.45, 2.75) is 17.7 Å². The molecule has 0 radical (unpaired) electrons. The molecule has 0 unspecified atom stereocenters. The minimum Gasteiger partial charge on any atom is -0.482 e. The molecule has 1 fully saturated rings. The van der Waals surface area contributed by atoms with Crippen LogP contribution in [0.15, 0.2) is 41.3 Å². The first-order valence-electron chi connectivity index (χ1n) is 10.2. The first kappa shape index (κ1) is 20.6. The monoisotopic (exact) mass is 459 g/mol. The summed E-state index contributed by atoms with van der Waals surface area (Å²) in [4.78, 5) is 24.4. The number of carbonyl (C=O) groups is 2. The first-order valence-corrected chi connectivity index (χ1v) is 11.6. The zero-order valence-electron chi connectivity index (χ0n) is 17.0. The van der Waals surface area contributed by atoms with Gasteiger partial charge in [0.2, 0.25) is 22.7 Å². The SMILES string of the molecule is O=C1COc2ccc(S(=O)(=O)N3CCC[C@@H](C(=O)Nc4ccc5c(c4)OCO5)C3)cc2N1. The Morgan fingerprint density at radius 2 is 1.88 bits per heavy atom. The summed E-state index contributed by atoms with van der Waals surface area (Å²) in [5.41, 5.74) is 0.876. The lowest BCUT2D eigenvalue weighted by Gasteiger charge is -2.31. The summed E-state index contributed by atoms with van der Waals surface area (Å²) in [7, 11) is -3.85. The van der Waals surface area contributed by atoms with Gasteiger partial charge in [0.15, 0.2) is 18.1 Å². The number of nitrogens with one attached hydrogen (secondary N) is 2. The van der Waals surface area contributed by atoms with E-state index in [9.17, 15) is 18.0 Å². The van der Waals surface area contributed by atoms with Crippen molar-refractivity contribution in [1.29, 1.82) is 0 Å². The van der Waals surface area contributed by atoms with Crippen molar-refractivity contribution in [1.82, 2.24) is 4.31 Å². The highest BCUT2D eigenvalue weighted by Gasteiger charge is 2.34. The fourth-order valence-electron chi connectivity index (χ4n) is 3.97. The van der Waals surface area contributed by atoms with Crippen LogP contribution in [0.1, 0.15) is 12.8 Å². The molecule has 0 saturated carbocycles. The van der Waals surface area contributed by atoms with Crippen molar-refractivity contribution < 1.29 is 32.2 Å². The van der Waals surface area contributed by atoms with Crippen LogP contribution < -0.4 is 24.8 Å². The average Bonchev–Trinajstić information content (AvgIpc) is 3.26. The van der Waals surface area contributed by atoms with Gasteiger partial charge in [-0.05, 0) is 43.2 Å². The third-order valence-corrected chi connectivity index (χ3v) is 7.48. The van der Waals surface area contributed by atoms with Crippen LogP contribution >= 0.6 is 0 Å². The van der Waals surface area contributed by atoms with Crippen molar-refractivity contribution in [3.05, 3.63) is 36.4 Å². The number of benzene rings is 2. The van der Waals surface area contributed by atoms with Crippen molar-refractivity contribution in [3.8, 4) is 17.2 Å². The quantitative estimate of drug-likeness (QED) is 0.714. The minimum absolute atomic E-state index is 0.0406. The van der Waals surface area contributed by atoms with Gasteiger partial charge in [0.1, 0.15) is 5.75 Å². The van der Waals surface area contributed by atoms with Crippen LogP contribution in [-0.2, 0) is 19.6 Å². The predicted molar refractivity (Wildman–Crippen MR) is 113 cm³/mol. The fraction of sp³-hybridized carbons (Fsp3) is 0.333.